The molecule has 1 aromatic rings. The molecule has 0 aliphatic carbocycles. The first-order valence-electron chi connectivity index (χ1n) is 6.76. The molecule has 1 fully saturated rings. The van der Waals surface area contributed by atoms with Crippen LogP contribution in [-0.4, -0.2) is 36.4 Å². The highest BCUT2D eigenvalue weighted by Crippen LogP contribution is 2.29. The molecule has 21 heavy (non-hydrogen) atoms. The van der Waals surface area contributed by atoms with E-state index in [0.29, 0.717) is 12.8 Å². The van der Waals surface area contributed by atoms with Gasteiger partial charge in [0.05, 0.1) is 10.8 Å². The van der Waals surface area contributed by atoms with Crippen molar-refractivity contribution in [3.05, 3.63) is 29.6 Å². The average Bonchev–Trinajstić information content (AvgIpc) is 2.41. The number of carbonyl (C=O) groups is 1. The number of aryl methyl sites for hydroxylation is 1. The second-order valence-electron chi connectivity index (χ2n) is 5.35. The second kappa shape index (κ2) is 5.73. The van der Waals surface area contributed by atoms with Gasteiger partial charge in [-0.25, -0.2) is 12.8 Å². The van der Waals surface area contributed by atoms with Crippen molar-refractivity contribution in [2.75, 3.05) is 6.54 Å². The first-order valence-corrected chi connectivity index (χ1v) is 8.20. The predicted octanol–water partition coefficient (Wildman–Crippen LogP) is 2.01. The number of hydrogen-bond acceptors (Lipinski definition) is 3. The minimum atomic E-state index is -3.81. The summed E-state index contributed by atoms with van der Waals surface area (Å²) in [6.07, 6.45) is 0.964. The van der Waals surface area contributed by atoms with Crippen LogP contribution in [0.3, 0.4) is 0 Å². The average molecular weight is 315 g/mol. The van der Waals surface area contributed by atoms with Crippen molar-refractivity contribution in [2.45, 2.75) is 37.6 Å². The molecular formula is C14H18FNO4S. The summed E-state index contributed by atoms with van der Waals surface area (Å²) in [5.41, 5.74) is 0.246. The minimum absolute atomic E-state index is 0.000659. The number of halogens is 1. The lowest BCUT2D eigenvalue weighted by Crippen LogP contribution is -2.48. The second-order valence-corrected chi connectivity index (χ2v) is 7.24. The smallest absolute Gasteiger partial charge is 0.308 e. The number of nitrogens with zero attached hydrogens (tertiary/aromatic N) is 1. The third kappa shape index (κ3) is 2.94. The van der Waals surface area contributed by atoms with Crippen LogP contribution in [0.25, 0.3) is 0 Å². The number of hydrogen-bond donors (Lipinski definition) is 1. The Morgan fingerprint density at radius 1 is 1.43 bits per heavy atom. The zero-order valence-corrected chi connectivity index (χ0v) is 12.7. The maximum atomic E-state index is 13.3. The van der Waals surface area contributed by atoms with Crippen LogP contribution in [0.5, 0.6) is 0 Å². The number of sulfonamides is 1. The molecule has 1 heterocycles. The van der Waals surface area contributed by atoms with Gasteiger partial charge in [-0.2, -0.15) is 4.31 Å². The number of aliphatic carboxylic acids is 1. The molecule has 0 spiro atoms. The first-order chi connectivity index (χ1) is 9.75. The number of piperidine rings is 1. The molecule has 0 aromatic heterocycles. The van der Waals surface area contributed by atoms with Gasteiger partial charge in [0, 0.05) is 12.6 Å². The van der Waals surface area contributed by atoms with E-state index in [1.807, 2.05) is 0 Å². The number of carboxylic acid groups (broad SMARTS) is 1. The topological polar surface area (TPSA) is 74.7 Å². The van der Waals surface area contributed by atoms with Gasteiger partial charge in [0.1, 0.15) is 5.82 Å². The molecule has 1 saturated heterocycles. The van der Waals surface area contributed by atoms with E-state index in [0.717, 1.165) is 6.07 Å². The van der Waals surface area contributed by atoms with Crippen LogP contribution < -0.4 is 0 Å². The fourth-order valence-corrected chi connectivity index (χ4v) is 4.49. The van der Waals surface area contributed by atoms with Gasteiger partial charge in [-0.15, -0.1) is 0 Å². The maximum Gasteiger partial charge on any atom is 0.308 e. The largest absolute Gasteiger partial charge is 0.481 e. The summed E-state index contributed by atoms with van der Waals surface area (Å²) in [6.45, 7) is 3.38. The van der Waals surface area contributed by atoms with E-state index < -0.39 is 33.8 Å². The molecule has 1 aliphatic heterocycles. The van der Waals surface area contributed by atoms with Gasteiger partial charge in [-0.1, -0.05) is 0 Å². The summed E-state index contributed by atoms with van der Waals surface area (Å²) in [5.74, 6) is -2.17. The molecule has 0 bridgehead atoms. The fraction of sp³-hybridized carbons (Fsp3) is 0.500. The highest BCUT2D eigenvalue weighted by molar-refractivity contribution is 7.89. The van der Waals surface area contributed by atoms with Crippen molar-refractivity contribution in [1.29, 1.82) is 0 Å². The van der Waals surface area contributed by atoms with Crippen molar-refractivity contribution < 1.29 is 22.7 Å². The van der Waals surface area contributed by atoms with E-state index in [2.05, 4.69) is 0 Å². The molecule has 0 unspecified atom stereocenters. The lowest BCUT2D eigenvalue weighted by Gasteiger charge is -2.36. The van der Waals surface area contributed by atoms with E-state index in [9.17, 15) is 22.7 Å². The molecule has 1 aliphatic rings. The van der Waals surface area contributed by atoms with Gasteiger partial charge in [0.2, 0.25) is 10.0 Å². The molecule has 116 valence electrons. The number of benzene rings is 1. The van der Waals surface area contributed by atoms with E-state index in [1.54, 1.807) is 6.92 Å². The Labute approximate surface area is 123 Å². The Kier molecular flexibility index (Phi) is 4.34. The van der Waals surface area contributed by atoms with E-state index in [4.69, 9.17) is 0 Å². The van der Waals surface area contributed by atoms with Crippen molar-refractivity contribution in [1.82, 2.24) is 4.31 Å². The standard InChI is InChI=1S/C14H18FNO4S/c1-9-8-11(5-6-13(9)15)21(19,20)16-7-3-4-12(10(16)2)14(17)18/h5-6,8,10,12H,3-4,7H2,1-2H3,(H,17,18)/t10-,12-/m1/s1. The number of carboxylic acids is 1. The predicted molar refractivity (Wildman–Crippen MR) is 74.9 cm³/mol. The highest BCUT2D eigenvalue weighted by atomic mass is 32.2. The monoisotopic (exact) mass is 315 g/mol. The highest BCUT2D eigenvalue weighted by Gasteiger charge is 2.39. The van der Waals surface area contributed by atoms with Crippen LogP contribution in [0.2, 0.25) is 0 Å². The molecule has 0 radical (unpaired) electrons. The van der Waals surface area contributed by atoms with Gasteiger partial charge < -0.3 is 5.11 Å². The van der Waals surface area contributed by atoms with Crippen LogP contribution in [0, 0.1) is 18.7 Å². The molecule has 0 amide bonds. The molecule has 1 aromatic carbocycles. The van der Waals surface area contributed by atoms with Crippen molar-refractivity contribution in [3.63, 3.8) is 0 Å². The Hall–Kier alpha value is -1.47. The Morgan fingerprint density at radius 3 is 2.67 bits per heavy atom. The zero-order valence-electron chi connectivity index (χ0n) is 11.9. The summed E-state index contributed by atoms with van der Waals surface area (Å²) >= 11 is 0. The molecular weight excluding hydrogens is 297 g/mol. The van der Waals surface area contributed by atoms with Crippen LogP contribution in [0.15, 0.2) is 23.1 Å². The van der Waals surface area contributed by atoms with E-state index >= 15 is 0 Å². The molecule has 2 atom stereocenters. The maximum absolute atomic E-state index is 13.3. The summed E-state index contributed by atoms with van der Waals surface area (Å²) < 4.78 is 39.8. The summed E-state index contributed by atoms with van der Waals surface area (Å²) in [6, 6.07) is 2.99. The van der Waals surface area contributed by atoms with Crippen LogP contribution in [0.4, 0.5) is 4.39 Å². The third-order valence-corrected chi connectivity index (χ3v) is 5.97. The van der Waals surface area contributed by atoms with Gasteiger partial charge in [-0.3, -0.25) is 4.79 Å². The van der Waals surface area contributed by atoms with E-state index in [-0.39, 0.29) is 17.0 Å². The SMILES string of the molecule is Cc1cc(S(=O)(=O)N2CCC[C@@H](C(=O)O)[C@H]2C)ccc1F. The first kappa shape index (κ1) is 15.9. The molecule has 5 nitrogen and oxygen atoms in total. The quantitative estimate of drug-likeness (QED) is 0.926. The van der Waals surface area contributed by atoms with Gasteiger partial charge in [0.15, 0.2) is 0 Å². The molecule has 0 saturated carbocycles. The summed E-state index contributed by atoms with van der Waals surface area (Å²) in [7, 11) is -3.81. The van der Waals surface area contributed by atoms with Crippen molar-refractivity contribution in [2.24, 2.45) is 5.92 Å². The van der Waals surface area contributed by atoms with E-state index in [1.165, 1.54) is 23.4 Å². The Balaban J connectivity index is 2.38. The normalized spacial score (nSPS) is 24.0. The van der Waals surface area contributed by atoms with Crippen LogP contribution in [-0.2, 0) is 14.8 Å². The van der Waals surface area contributed by atoms with Crippen molar-refractivity contribution >= 4 is 16.0 Å². The van der Waals surface area contributed by atoms with Crippen LogP contribution in [0.1, 0.15) is 25.3 Å². The Bertz CT molecular complexity index is 659. The lowest BCUT2D eigenvalue weighted by molar-refractivity contribution is -0.144. The minimum Gasteiger partial charge on any atom is -0.481 e. The fourth-order valence-electron chi connectivity index (χ4n) is 2.69. The summed E-state index contributed by atoms with van der Waals surface area (Å²) in [5, 5.41) is 9.17. The Morgan fingerprint density at radius 2 is 2.10 bits per heavy atom. The van der Waals surface area contributed by atoms with Crippen LogP contribution >= 0.6 is 0 Å². The summed E-state index contributed by atoms with van der Waals surface area (Å²) in [4.78, 5) is 11.2. The zero-order chi connectivity index (χ0) is 15.8. The van der Waals surface area contributed by atoms with Gasteiger partial charge in [0.25, 0.3) is 0 Å². The van der Waals surface area contributed by atoms with Gasteiger partial charge >= 0.3 is 5.97 Å². The molecule has 7 heteroatoms. The third-order valence-electron chi connectivity index (χ3n) is 3.98. The number of rotatable bonds is 3. The van der Waals surface area contributed by atoms with Gasteiger partial charge in [-0.05, 0) is 50.5 Å². The molecule has 2 rings (SSSR count). The molecule has 1 N–H and O–H groups in total. The lowest BCUT2D eigenvalue weighted by atomic mass is 9.92. The van der Waals surface area contributed by atoms with Crippen molar-refractivity contribution in [3.8, 4) is 0 Å².